The Bertz CT molecular complexity index is 1650. The number of anilines is 1. The number of esters is 1. The number of carbonyl (C=O) groups excluding carboxylic acids is 3. The lowest BCUT2D eigenvalue weighted by molar-refractivity contribution is -0.134. The van der Waals surface area contributed by atoms with Gasteiger partial charge in [0, 0.05) is 41.8 Å². The van der Waals surface area contributed by atoms with E-state index in [0.29, 0.717) is 59.5 Å². The van der Waals surface area contributed by atoms with E-state index in [1.807, 2.05) is 62.4 Å². The molecule has 1 aliphatic rings. The van der Waals surface area contributed by atoms with Gasteiger partial charge < -0.3 is 24.6 Å². The minimum Gasteiger partial charge on any atom is -0.494 e. The maximum absolute atomic E-state index is 13.0. The molecular formula is C32H32N4O5. The summed E-state index contributed by atoms with van der Waals surface area (Å²) in [7, 11) is 1.32. The maximum Gasteiger partial charge on any atom is 0.337 e. The molecule has 2 heterocycles. The van der Waals surface area contributed by atoms with Gasteiger partial charge in [-0.05, 0) is 56.2 Å². The number of aliphatic imine (C=N–C) groups is 1. The van der Waals surface area contributed by atoms with Gasteiger partial charge in [-0.3, -0.25) is 9.59 Å². The van der Waals surface area contributed by atoms with Gasteiger partial charge in [-0.25, -0.2) is 9.79 Å². The fourth-order valence-electron chi connectivity index (χ4n) is 5.29. The molecule has 1 aromatic heterocycles. The average molecular weight is 553 g/mol. The van der Waals surface area contributed by atoms with Crippen molar-refractivity contribution in [1.82, 2.24) is 9.88 Å². The number of methoxy groups -OCH3 is 1. The predicted octanol–water partition coefficient (Wildman–Crippen LogP) is 4.98. The summed E-state index contributed by atoms with van der Waals surface area (Å²) in [6.07, 6.45) is 0.496. The van der Waals surface area contributed by atoms with Crippen LogP contribution in [0, 0.1) is 0 Å². The van der Waals surface area contributed by atoms with Crippen LogP contribution in [0.2, 0.25) is 0 Å². The van der Waals surface area contributed by atoms with E-state index in [9.17, 15) is 19.5 Å². The van der Waals surface area contributed by atoms with Crippen LogP contribution in [-0.2, 0) is 20.7 Å². The highest BCUT2D eigenvalue weighted by atomic mass is 16.5. The largest absolute Gasteiger partial charge is 0.494 e. The third-order valence-electron chi connectivity index (χ3n) is 7.40. The van der Waals surface area contributed by atoms with Crippen LogP contribution in [0.3, 0.4) is 0 Å². The van der Waals surface area contributed by atoms with Crippen LogP contribution >= 0.6 is 0 Å². The monoisotopic (exact) mass is 552 g/mol. The summed E-state index contributed by atoms with van der Waals surface area (Å²) in [6.45, 7) is 5.45. The Morgan fingerprint density at radius 1 is 1.00 bits per heavy atom. The van der Waals surface area contributed by atoms with Gasteiger partial charge in [-0.1, -0.05) is 36.4 Å². The number of hydrogen-bond acceptors (Lipinski definition) is 6. The number of benzene rings is 3. The summed E-state index contributed by atoms with van der Waals surface area (Å²) < 4.78 is 4.83. The van der Waals surface area contributed by atoms with E-state index in [4.69, 9.17) is 9.73 Å². The van der Waals surface area contributed by atoms with Crippen LogP contribution in [0.4, 0.5) is 11.4 Å². The Morgan fingerprint density at radius 3 is 2.46 bits per heavy atom. The summed E-state index contributed by atoms with van der Waals surface area (Å²) >= 11 is 0. The molecule has 1 aliphatic heterocycles. The van der Waals surface area contributed by atoms with Gasteiger partial charge in [0.15, 0.2) is 5.88 Å². The smallest absolute Gasteiger partial charge is 0.337 e. The highest BCUT2D eigenvalue weighted by molar-refractivity contribution is 6.22. The topological polar surface area (TPSA) is 115 Å². The zero-order valence-electron chi connectivity index (χ0n) is 23.3. The van der Waals surface area contributed by atoms with Crippen molar-refractivity contribution in [3.8, 4) is 5.88 Å². The minimum absolute atomic E-state index is 0.0691. The van der Waals surface area contributed by atoms with Gasteiger partial charge in [0.1, 0.15) is 6.42 Å². The van der Waals surface area contributed by atoms with Gasteiger partial charge in [-0.2, -0.15) is 0 Å². The number of ether oxygens (including phenoxy) is 1. The second-order valence-electron chi connectivity index (χ2n) is 9.78. The summed E-state index contributed by atoms with van der Waals surface area (Å²) in [5, 5.41) is 11.7. The number of aromatic amines is 1. The molecule has 0 aliphatic carbocycles. The minimum atomic E-state index is -0.470. The number of nitrogens with one attached hydrogen (secondary N) is 1. The van der Waals surface area contributed by atoms with Crippen LogP contribution in [0.15, 0.2) is 71.7 Å². The molecule has 41 heavy (non-hydrogen) atoms. The van der Waals surface area contributed by atoms with Crippen molar-refractivity contribution in [2.24, 2.45) is 4.99 Å². The van der Waals surface area contributed by atoms with Crippen molar-refractivity contribution >= 4 is 45.8 Å². The van der Waals surface area contributed by atoms with Crippen LogP contribution in [0.1, 0.15) is 47.3 Å². The van der Waals surface area contributed by atoms with Crippen LogP contribution in [-0.4, -0.2) is 65.2 Å². The van der Waals surface area contributed by atoms with E-state index in [0.717, 1.165) is 16.8 Å². The fraction of sp³-hybridized carbons (Fsp3) is 0.250. The Morgan fingerprint density at radius 2 is 1.76 bits per heavy atom. The van der Waals surface area contributed by atoms with Crippen molar-refractivity contribution in [1.29, 1.82) is 0 Å². The van der Waals surface area contributed by atoms with Gasteiger partial charge in [0.25, 0.3) is 0 Å². The van der Waals surface area contributed by atoms with Crippen molar-refractivity contribution < 1.29 is 24.2 Å². The number of fused-ring (bicyclic) bond motifs is 2. The van der Waals surface area contributed by atoms with Gasteiger partial charge in [0.05, 0.1) is 29.6 Å². The molecule has 9 nitrogen and oxygen atoms in total. The average Bonchev–Trinajstić information content (AvgIpc) is 3.56. The van der Waals surface area contributed by atoms with Gasteiger partial charge >= 0.3 is 5.97 Å². The Labute approximate surface area is 238 Å². The number of amides is 2. The molecule has 0 radical (unpaired) electrons. The zero-order chi connectivity index (χ0) is 29.1. The number of nitrogens with zero attached hydrogens (tertiary/aromatic N) is 3. The van der Waals surface area contributed by atoms with Crippen LogP contribution in [0.5, 0.6) is 5.88 Å². The van der Waals surface area contributed by atoms with Gasteiger partial charge in [0.2, 0.25) is 11.8 Å². The molecule has 0 bridgehead atoms. The molecule has 5 rings (SSSR count). The zero-order valence-corrected chi connectivity index (χ0v) is 23.3. The molecule has 0 fully saturated rings. The first-order chi connectivity index (χ1) is 19.8. The fourth-order valence-corrected chi connectivity index (χ4v) is 5.29. The van der Waals surface area contributed by atoms with E-state index < -0.39 is 5.97 Å². The first-order valence-electron chi connectivity index (χ1n) is 13.6. The molecule has 0 saturated heterocycles. The molecule has 2 N–H and O–H groups in total. The molecule has 3 aromatic carbocycles. The van der Waals surface area contributed by atoms with Crippen LogP contribution in [0.25, 0.3) is 10.9 Å². The van der Waals surface area contributed by atoms with E-state index in [-0.39, 0.29) is 24.1 Å². The summed E-state index contributed by atoms with van der Waals surface area (Å²) in [4.78, 5) is 48.8. The number of H-pyrrole nitrogens is 1. The first kappa shape index (κ1) is 27.6. The van der Waals surface area contributed by atoms with Crippen molar-refractivity contribution in [3.05, 3.63) is 89.0 Å². The number of carbonyl (C=O) groups is 3. The lowest BCUT2D eigenvalue weighted by Crippen LogP contribution is -2.37. The third kappa shape index (κ3) is 5.43. The second-order valence-corrected chi connectivity index (χ2v) is 9.78. The van der Waals surface area contributed by atoms with Crippen LogP contribution < -0.4 is 4.90 Å². The van der Waals surface area contributed by atoms with E-state index in [1.165, 1.54) is 7.11 Å². The second kappa shape index (κ2) is 11.7. The normalized spacial score (nSPS) is 12.9. The SMILES string of the molecule is CCN(CC)C(=O)CC(=O)N1CCc2cc(N=C(c3ccccc3)c3c(O)[nH]c4cc(C(=O)OC)ccc34)ccc21. The van der Waals surface area contributed by atoms with E-state index >= 15 is 0 Å². The van der Waals surface area contributed by atoms with Crippen molar-refractivity contribution in [2.45, 2.75) is 26.7 Å². The Balaban J connectivity index is 1.51. The Kier molecular flexibility index (Phi) is 7.87. The number of rotatable bonds is 8. The maximum atomic E-state index is 13.0. The van der Waals surface area contributed by atoms with E-state index in [1.54, 1.807) is 28.0 Å². The molecule has 9 heteroatoms. The highest BCUT2D eigenvalue weighted by Gasteiger charge is 2.28. The molecule has 210 valence electrons. The summed E-state index contributed by atoms with van der Waals surface area (Å²) in [5.41, 5.74) is 5.21. The Hall–Kier alpha value is -4.92. The molecule has 0 unspecified atom stereocenters. The summed E-state index contributed by atoms with van der Waals surface area (Å²) in [6, 6.07) is 20.2. The lowest BCUT2D eigenvalue weighted by Gasteiger charge is -2.21. The lowest BCUT2D eigenvalue weighted by atomic mass is 10.00. The first-order valence-corrected chi connectivity index (χ1v) is 13.6. The highest BCUT2D eigenvalue weighted by Crippen LogP contribution is 2.35. The number of aromatic nitrogens is 1. The number of hydrogen-bond donors (Lipinski definition) is 2. The van der Waals surface area contributed by atoms with Crippen molar-refractivity contribution in [2.75, 3.05) is 31.6 Å². The molecule has 0 spiro atoms. The molecule has 2 amide bonds. The van der Waals surface area contributed by atoms with Gasteiger partial charge in [-0.15, -0.1) is 0 Å². The van der Waals surface area contributed by atoms with E-state index in [2.05, 4.69) is 4.98 Å². The summed E-state index contributed by atoms with van der Waals surface area (Å²) in [5.74, 6) is -0.917. The van der Waals surface area contributed by atoms with Crippen molar-refractivity contribution in [3.63, 3.8) is 0 Å². The predicted molar refractivity (Wildman–Crippen MR) is 158 cm³/mol. The molecular weight excluding hydrogens is 520 g/mol. The number of aromatic hydroxyl groups is 1. The standard InChI is InChI=1S/C32H32N4O5/c1-4-35(5-2)27(37)19-28(38)36-16-15-21-17-23(12-14-26(21)36)33-30(20-9-7-6-8-10-20)29-24-13-11-22(32(40)41-3)18-25(24)34-31(29)39/h6-14,17-18,34,39H,4-5,15-16,19H2,1-3H3. The quantitative estimate of drug-likeness (QED) is 0.182. The molecule has 0 atom stereocenters. The third-order valence-corrected chi connectivity index (χ3v) is 7.40. The molecule has 4 aromatic rings. The molecule has 0 saturated carbocycles.